The number of aliphatic hydroxyl groups is 1. The Morgan fingerprint density at radius 2 is 2.31 bits per heavy atom. The van der Waals surface area contributed by atoms with Crippen LogP contribution in [0.3, 0.4) is 0 Å². The molecule has 1 aromatic rings. The van der Waals surface area contributed by atoms with Crippen LogP contribution in [0.15, 0.2) is 15.7 Å². The molecule has 0 aliphatic heterocycles. The van der Waals surface area contributed by atoms with Crippen molar-refractivity contribution in [1.29, 1.82) is 0 Å². The zero-order valence-corrected chi connectivity index (χ0v) is 10.2. The largest absolute Gasteiger partial charge is 0.494 e. The molecule has 0 saturated heterocycles. The first-order chi connectivity index (χ1) is 7.61. The van der Waals surface area contributed by atoms with Crippen molar-refractivity contribution < 1.29 is 18.3 Å². The molecule has 7 heteroatoms. The number of rotatable bonds is 4. The second-order valence-electron chi connectivity index (χ2n) is 2.61. The number of nitrogens with one attached hydrogen (secondary N) is 1. The number of hydrogen-bond donors (Lipinski definition) is 2. The van der Waals surface area contributed by atoms with Crippen LogP contribution in [-0.2, 0) is 10.0 Å². The second kappa shape index (κ2) is 5.86. The Kier molecular flexibility index (Phi) is 4.76. The molecule has 0 aliphatic carbocycles. The van der Waals surface area contributed by atoms with Gasteiger partial charge in [0, 0.05) is 0 Å². The van der Waals surface area contributed by atoms with Gasteiger partial charge in [-0.05, 0) is 11.4 Å². The summed E-state index contributed by atoms with van der Waals surface area (Å²) in [5.74, 6) is 5.12. The minimum absolute atomic E-state index is 0.0378. The molecule has 0 spiro atoms. The van der Waals surface area contributed by atoms with Crippen LogP contribution < -0.4 is 9.46 Å². The summed E-state index contributed by atoms with van der Waals surface area (Å²) in [6.45, 7) is -0.325. The molecule has 0 bridgehead atoms. The van der Waals surface area contributed by atoms with Gasteiger partial charge in [-0.25, -0.2) is 8.42 Å². The first kappa shape index (κ1) is 13.0. The van der Waals surface area contributed by atoms with Crippen molar-refractivity contribution in [2.45, 2.75) is 4.21 Å². The Labute approximate surface area is 98.1 Å². The van der Waals surface area contributed by atoms with Crippen molar-refractivity contribution in [2.75, 3.05) is 20.3 Å². The van der Waals surface area contributed by atoms with E-state index < -0.39 is 10.0 Å². The summed E-state index contributed by atoms with van der Waals surface area (Å²) in [5, 5.41) is 10.0. The van der Waals surface area contributed by atoms with Gasteiger partial charge in [-0.3, -0.25) is 0 Å². The Hall–Kier alpha value is -1.07. The van der Waals surface area contributed by atoms with E-state index in [0.29, 0.717) is 5.75 Å². The monoisotopic (exact) mass is 261 g/mol. The molecule has 0 aromatic carbocycles. The lowest BCUT2D eigenvalue weighted by Gasteiger charge is -2.03. The van der Waals surface area contributed by atoms with Gasteiger partial charge < -0.3 is 9.84 Å². The van der Waals surface area contributed by atoms with Crippen molar-refractivity contribution >= 4 is 21.4 Å². The highest BCUT2D eigenvalue weighted by molar-refractivity contribution is 7.91. The quantitative estimate of drug-likeness (QED) is 0.750. The van der Waals surface area contributed by atoms with Crippen molar-refractivity contribution in [3.05, 3.63) is 11.4 Å². The molecule has 0 radical (unpaired) electrons. The fraction of sp³-hybridized carbons (Fsp3) is 0.333. The molecule has 1 heterocycles. The first-order valence-electron chi connectivity index (χ1n) is 4.29. The highest BCUT2D eigenvalue weighted by Crippen LogP contribution is 2.28. The lowest BCUT2D eigenvalue weighted by atomic mass is 10.6. The van der Waals surface area contributed by atoms with Crippen LogP contribution in [0.25, 0.3) is 0 Å². The SMILES string of the molecule is COc1ccsc1S(=O)(=O)NCC#CCO. The highest BCUT2D eigenvalue weighted by atomic mass is 32.2. The summed E-state index contributed by atoms with van der Waals surface area (Å²) in [4.78, 5) is 0. The van der Waals surface area contributed by atoms with Crippen molar-refractivity contribution in [1.82, 2.24) is 4.72 Å². The fourth-order valence-corrected chi connectivity index (χ4v) is 3.19. The number of sulfonamides is 1. The Balaban J connectivity index is 2.78. The van der Waals surface area contributed by atoms with Gasteiger partial charge in [0.05, 0.1) is 13.7 Å². The second-order valence-corrected chi connectivity index (χ2v) is 5.49. The molecule has 0 saturated carbocycles. The molecule has 0 unspecified atom stereocenters. The van der Waals surface area contributed by atoms with E-state index in [2.05, 4.69) is 16.6 Å². The molecule has 0 fully saturated rings. The number of hydrogen-bond acceptors (Lipinski definition) is 5. The molecule has 88 valence electrons. The van der Waals surface area contributed by atoms with E-state index in [1.54, 1.807) is 11.4 Å². The zero-order valence-electron chi connectivity index (χ0n) is 8.56. The van der Waals surface area contributed by atoms with Crippen LogP contribution in [0.5, 0.6) is 5.75 Å². The molecule has 0 amide bonds. The van der Waals surface area contributed by atoms with Crippen LogP contribution in [0.1, 0.15) is 0 Å². The van der Waals surface area contributed by atoms with E-state index in [1.807, 2.05) is 0 Å². The Morgan fingerprint density at radius 3 is 2.94 bits per heavy atom. The molecule has 1 aromatic heterocycles. The number of aliphatic hydroxyl groups excluding tert-OH is 1. The molecule has 1 rings (SSSR count). The fourth-order valence-electron chi connectivity index (χ4n) is 0.946. The first-order valence-corrected chi connectivity index (χ1v) is 6.66. The Bertz CT molecular complexity index is 495. The molecule has 16 heavy (non-hydrogen) atoms. The highest BCUT2D eigenvalue weighted by Gasteiger charge is 2.19. The van der Waals surface area contributed by atoms with Crippen molar-refractivity contribution in [3.8, 4) is 17.6 Å². The lowest BCUT2D eigenvalue weighted by Crippen LogP contribution is -2.23. The number of ether oxygens (including phenoxy) is 1. The maximum Gasteiger partial charge on any atom is 0.254 e. The van der Waals surface area contributed by atoms with Crippen LogP contribution in [0, 0.1) is 11.8 Å². The van der Waals surface area contributed by atoms with Crippen LogP contribution in [0.4, 0.5) is 0 Å². The van der Waals surface area contributed by atoms with Crippen molar-refractivity contribution in [2.24, 2.45) is 0 Å². The molecule has 0 atom stereocenters. The summed E-state index contributed by atoms with van der Waals surface area (Å²) in [7, 11) is -2.17. The van der Waals surface area contributed by atoms with Gasteiger partial charge in [-0.1, -0.05) is 11.8 Å². The van der Waals surface area contributed by atoms with Crippen LogP contribution in [-0.4, -0.2) is 33.8 Å². The third-order valence-corrected chi connectivity index (χ3v) is 4.46. The van der Waals surface area contributed by atoms with Gasteiger partial charge in [0.1, 0.15) is 12.4 Å². The van der Waals surface area contributed by atoms with Gasteiger partial charge in [-0.2, -0.15) is 4.72 Å². The number of methoxy groups -OCH3 is 1. The number of thiophene rings is 1. The van der Waals surface area contributed by atoms with Gasteiger partial charge in [0.15, 0.2) is 4.21 Å². The van der Waals surface area contributed by atoms with Gasteiger partial charge in [0.2, 0.25) is 0 Å². The third kappa shape index (κ3) is 3.21. The minimum atomic E-state index is -3.58. The Morgan fingerprint density at radius 1 is 1.56 bits per heavy atom. The standard InChI is InChI=1S/C9H11NO4S2/c1-14-8-4-7-15-9(8)16(12,13)10-5-2-3-6-11/h4,7,10-11H,5-6H2,1H3. The summed E-state index contributed by atoms with van der Waals surface area (Å²) in [5.41, 5.74) is 0. The molecule has 2 N–H and O–H groups in total. The van der Waals surface area contributed by atoms with Crippen LogP contribution in [0.2, 0.25) is 0 Å². The molecular formula is C9H11NO4S2. The predicted octanol–water partition coefficient (Wildman–Crippen LogP) is 0.0307. The summed E-state index contributed by atoms with van der Waals surface area (Å²) < 4.78 is 30.8. The molecular weight excluding hydrogens is 250 g/mol. The lowest BCUT2D eigenvalue weighted by molar-refractivity contribution is 0.350. The van der Waals surface area contributed by atoms with Gasteiger partial charge in [-0.15, -0.1) is 11.3 Å². The maximum absolute atomic E-state index is 11.7. The third-order valence-electron chi connectivity index (χ3n) is 1.61. The normalized spacial score (nSPS) is 10.6. The van der Waals surface area contributed by atoms with E-state index in [4.69, 9.17) is 9.84 Å². The molecule has 0 aliphatic rings. The average Bonchev–Trinajstić information content (AvgIpc) is 2.73. The van der Waals surface area contributed by atoms with E-state index >= 15 is 0 Å². The minimum Gasteiger partial charge on any atom is -0.494 e. The molecule has 5 nitrogen and oxygen atoms in total. The van der Waals surface area contributed by atoms with Crippen molar-refractivity contribution in [3.63, 3.8) is 0 Å². The van der Waals surface area contributed by atoms with Crippen LogP contribution >= 0.6 is 11.3 Å². The topological polar surface area (TPSA) is 75.6 Å². The predicted molar refractivity (Wildman–Crippen MR) is 60.9 cm³/mol. The van der Waals surface area contributed by atoms with E-state index in [0.717, 1.165) is 11.3 Å². The zero-order chi connectivity index (χ0) is 12.0. The summed E-state index contributed by atoms with van der Waals surface area (Å²) >= 11 is 1.07. The summed E-state index contributed by atoms with van der Waals surface area (Å²) in [6, 6.07) is 1.58. The smallest absolute Gasteiger partial charge is 0.254 e. The maximum atomic E-state index is 11.7. The van der Waals surface area contributed by atoms with Gasteiger partial charge >= 0.3 is 0 Å². The van der Waals surface area contributed by atoms with E-state index in [9.17, 15) is 8.42 Å². The summed E-state index contributed by atoms with van der Waals surface area (Å²) in [6.07, 6.45) is 0. The average molecular weight is 261 g/mol. The van der Waals surface area contributed by atoms with E-state index in [-0.39, 0.29) is 17.4 Å². The van der Waals surface area contributed by atoms with Gasteiger partial charge in [0.25, 0.3) is 10.0 Å². The van der Waals surface area contributed by atoms with E-state index in [1.165, 1.54) is 7.11 Å².